The second-order valence-electron chi connectivity index (χ2n) is 6.20. The Kier molecular flexibility index (Phi) is 8.73. The van der Waals surface area contributed by atoms with Crippen molar-refractivity contribution < 1.29 is 28.9 Å². The number of rotatable bonds is 11. The maximum Gasteiger partial charge on any atom is 0.305 e. The highest BCUT2D eigenvalue weighted by Crippen LogP contribution is 2.40. The Bertz CT molecular complexity index is 379. The highest BCUT2D eigenvalue weighted by molar-refractivity contribution is 5.84. The SMILES string of the molecule is COC(=O)CCCCCCCC1C(=O)CCC1(O)C(OC)OC. The summed E-state index contributed by atoms with van der Waals surface area (Å²) in [5.41, 5.74) is -1.22. The minimum atomic E-state index is -1.22. The summed E-state index contributed by atoms with van der Waals surface area (Å²) in [5, 5.41) is 10.8. The van der Waals surface area contributed by atoms with Crippen LogP contribution in [0.25, 0.3) is 0 Å². The molecule has 134 valence electrons. The second-order valence-corrected chi connectivity index (χ2v) is 6.20. The standard InChI is InChI=1S/C17H30O6/c1-21-15(19)10-8-6-4-5-7-9-13-14(18)11-12-17(13,20)16(22-2)23-3/h13,16,20H,4-12H2,1-3H3. The van der Waals surface area contributed by atoms with Crippen LogP contribution in [0.4, 0.5) is 0 Å². The van der Waals surface area contributed by atoms with Crippen molar-refractivity contribution in [2.45, 2.75) is 69.7 Å². The molecule has 0 aromatic rings. The van der Waals surface area contributed by atoms with Crippen LogP contribution in [0.15, 0.2) is 0 Å². The van der Waals surface area contributed by atoms with Crippen molar-refractivity contribution in [2.75, 3.05) is 21.3 Å². The lowest BCUT2D eigenvalue weighted by Gasteiger charge is -2.34. The van der Waals surface area contributed by atoms with Crippen molar-refractivity contribution in [2.24, 2.45) is 5.92 Å². The van der Waals surface area contributed by atoms with Gasteiger partial charge in [-0.3, -0.25) is 9.59 Å². The topological polar surface area (TPSA) is 82.1 Å². The molecule has 1 rings (SSSR count). The zero-order valence-corrected chi connectivity index (χ0v) is 14.5. The third-order valence-electron chi connectivity index (χ3n) is 4.70. The zero-order valence-electron chi connectivity index (χ0n) is 14.5. The number of aliphatic hydroxyl groups is 1. The summed E-state index contributed by atoms with van der Waals surface area (Å²) in [5.74, 6) is -0.489. The number of hydrogen-bond acceptors (Lipinski definition) is 6. The van der Waals surface area contributed by atoms with Crippen LogP contribution >= 0.6 is 0 Å². The molecule has 0 saturated heterocycles. The molecule has 0 aliphatic heterocycles. The largest absolute Gasteiger partial charge is 0.469 e. The minimum Gasteiger partial charge on any atom is -0.469 e. The van der Waals surface area contributed by atoms with E-state index in [1.165, 1.54) is 21.3 Å². The van der Waals surface area contributed by atoms with E-state index in [0.29, 0.717) is 25.7 Å². The number of carbonyl (C=O) groups excluding carboxylic acids is 2. The van der Waals surface area contributed by atoms with Gasteiger partial charge in [-0.05, 0) is 19.3 Å². The predicted octanol–water partition coefficient (Wildman–Crippen LogP) is 2.22. The van der Waals surface area contributed by atoms with Crippen molar-refractivity contribution in [3.8, 4) is 0 Å². The number of methoxy groups -OCH3 is 3. The Labute approximate surface area is 138 Å². The molecule has 1 saturated carbocycles. The Balaban J connectivity index is 2.31. The summed E-state index contributed by atoms with van der Waals surface area (Å²) < 4.78 is 15.0. The smallest absolute Gasteiger partial charge is 0.305 e. The van der Waals surface area contributed by atoms with Gasteiger partial charge in [0, 0.05) is 27.1 Å². The summed E-state index contributed by atoms with van der Waals surface area (Å²) in [6.07, 6.45) is 5.77. The van der Waals surface area contributed by atoms with Crippen molar-refractivity contribution in [1.82, 2.24) is 0 Å². The number of Topliss-reactive ketones (excluding diaryl/α,β-unsaturated/α-hetero) is 1. The normalized spacial score (nSPS) is 24.4. The van der Waals surface area contributed by atoms with Crippen molar-refractivity contribution in [3.05, 3.63) is 0 Å². The Morgan fingerprint density at radius 2 is 1.78 bits per heavy atom. The molecule has 6 nitrogen and oxygen atoms in total. The first-order valence-electron chi connectivity index (χ1n) is 8.37. The molecule has 0 heterocycles. The van der Waals surface area contributed by atoms with Gasteiger partial charge >= 0.3 is 5.97 Å². The van der Waals surface area contributed by atoms with Crippen LogP contribution in [0.5, 0.6) is 0 Å². The number of esters is 1. The van der Waals surface area contributed by atoms with E-state index in [1.54, 1.807) is 0 Å². The molecule has 2 atom stereocenters. The fourth-order valence-corrected chi connectivity index (χ4v) is 3.40. The Hall–Kier alpha value is -0.980. The van der Waals surface area contributed by atoms with E-state index in [4.69, 9.17) is 9.47 Å². The van der Waals surface area contributed by atoms with Crippen LogP contribution in [-0.2, 0) is 23.8 Å². The van der Waals surface area contributed by atoms with Crippen LogP contribution in [0.2, 0.25) is 0 Å². The molecule has 23 heavy (non-hydrogen) atoms. The average Bonchev–Trinajstić information content (AvgIpc) is 2.83. The molecule has 0 radical (unpaired) electrons. The number of ketones is 1. The summed E-state index contributed by atoms with van der Waals surface area (Å²) in [4.78, 5) is 23.1. The fourth-order valence-electron chi connectivity index (χ4n) is 3.40. The third-order valence-corrected chi connectivity index (χ3v) is 4.70. The molecule has 1 aliphatic carbocycles. The molecule has 1 N–H and O–H groups in total. The molecule has 1 fully saturated rings. The first-order valence-corrected chi connectivity index (χ1v) is 8.37. The average molecular weight is 330 g/mol. The van der Waals surface area contributed by atoms with Crippen LogP contribution < -0.4 is 0 Å². The van der Waals surface area contributed by atoms with Gasteiger partial charge in [0.2, 0.25) is 0 Å². The number of ether oxygens (including phenoxy) is 3. The van der Waals surface area contributed by atoms with Crippen LogP contribution in [0.3, 0.4) is 0 Å². The summed E-state index contributed by atoms with van der Waals surface area (Å²) in [7, 11) is 4.36. The van der Waals surface area contributed by atoms with E-state index >= 15 is 0 Å². The lowest BCUT2D eigenvalue weighted by molar-refractivity contribution is -0.227. The van der Waals surface area contributed by atoms with E-state index in [0.717, 1.165) is 32.1 Å². The fraction of sp³-hybridized carbons (Fsp3) is 0.882. The monoisotopic (exact) mass is 330 g/mol. The van der Waals surface area contributed by atoms with Crippen LogP contribution in [-0.4, -0.2) is 50.1 Å². The maximum atomic E-state index is 12.1. The second kappa shape index (κ2) is 10.0. The quantitative estimate of drug-likeness (QED) is 0.355. The third kappa shape index (κ3) is 5.55. The maximum absolute atomic E-state index is 12.1. The summed E-state index contributed by atoms with van der Waals surface area (Å²) in [6.45, 7) is 0. The lowest BCUT2D eigenvalue weighted by Crippen LogP contribution is -2.48. The van der Waals surface area contributed by atoms with Gasteiger partial charge in [-0.2, -0.15) is 0 Å². The molecule has 0 aromatic carbocycles. The van der Waals surface area contributed by atoms with Gasteiger partial charge in [0.25, 0.3) is 0 Å². The zero-order chi connectivity index (χ0) is 17.3. The van der Waals surface area contributed by atoms with E-state index < -0.39 is 17.8 Å². The summed E-state index contributed by atoms with van der Waals surface area (Å²) >= 11 is 0. The minimum absolute atomic E-state index is 0.0947. The van der Waals surface area contributed by atoms with E-state index in [9.17, 15) is 14.7 Å². The van der Waals surface area contributed by atoms with Gasteiger partial charge in [0.1, 0.15) is 11.4 Å². The first-order chi connectivity index (χ1) is 11.0. The van der Waals surface area contributed by atoms with Gasteiger partial charge in [-0.1, -0.05) is 25.7 Å². The van der Waals surface area contributed by atoms with E-state index in [1.807, 2.05) is 0 Å². The molecule has 1 aliphatic rings. The molecule has 0 bridgehead atoms. The molecular formula is C17H30O6. The van der Waals surface area contributed by atoms with Crippen molar-refractivity contribution >= 4 is 11.8 Å². The van der Waals surface area contributed by atoms with Gasteiger partial charge in [-0.15, -0.1) is 0 Å². The van der Waals surface area contributed by atoms with Crippen molar-refractivity contribution in [3.63, 3.8) is 0 Å². The Morgan fingerprint density at radius 1 is 1.17 bits per heavy atom. The van der Waals surface area contributed by atoms with Gasteiger partial charge in [-0.25, -0.2) is 0 Å². The molecule has 0 spiro atoms. The van der Waals surface area contributed by atoms with E-state index in [-0.39, 0.29) is 11.8 Å². The van der Waals surface area contributed by atoms with E-state index in [2.05, 4.69) is 4.74 Å². The van der Waals surface area contributed by atoms with Gasteiger partial charge in [0.05, 0.1) is 13.0 Å². The van der Waals surface area contributed by atoms with Crippen molar-refractivity contribution in [1.29, 1.82) is 0 Å². The number of carbonyl (C=O) groups is 2. The molecule has 2 unspecified atom stereocenters. The van der Waals surface area contributed by atoms with Gasteiger partial charge < -0.3 is 19.3 Å². The molecule has 6 heteroatoms. The van der Waals surface area contributed by atoms with Crippen LogP contribution in [0, 0.1) is 5.92 Å². The summed E-state index contributed by atoms with van der Waals surface area (Å²) in [6, 6.07) is 0. The Morgan fingerprint density at radius 3 is 2.39 bits per heavy atom. The van der Waals surface area contributed by atoms with Crippen LogP contribution in [0.1, 0.15) is 57.8 Å². The molecule has 0 aromatic heterocycles. The highest BCUT2D eigenvalue weighted by Gasteiger charge is 2.52. The number of unbranched alkanes of at least 4 members (excludes halogenated alkanes) is 4. The van der Waals surface area contributed by atoms with Gasteiger partial charge in [0.15, 0.2) is 6.29 Å². The lowest BCUT2D eigenvalue weighted by atomic mass is 9.85. The molecular weight excluding hydrogens is 300 g/mol. The molecule has 0 amide bonds. The number of hydrogen-bond donors (Lipinski definition) is 1. The predicted molar refractivity (Wildman–Crippen MR) is 84.8 cm³/mol. The highest BCUT2D eigenvalue weighted by atomic mass is 16.7. The first kappa shape index (κ1) is 20.1.